The fraction of sp³-hybridized carbons (Fsp3) is 0.667. The van der Waals surface area contributed by atoms with E-state index in [1.807, 2.05) is 18.2 Å². The van der Waals surface area contributed by atoms with Crippen molar-refractivity contribution in [2.75, 3.05) is 33.9 Å². The average molecular weight is 378 g/mol. The van der Waals surface area contributed by atoms with Crippen molar-refractivity contribution in [1.82, 2.24) is 10.6 Å². The Labute approximate surface area is 163 Å². The van der Waals surface area contributed by atoms with Gasteiger partial charge in [-0.3, -0.25) is 0 Å². The van der Waals surface area contributed by atoms with Crippen LogP contribution in [0.2, 0.25) is 0 Å². The highest BCUT2D eigenvalue weighted by molar-refractivity contribution is 5.79. The molecule has 0 radical (unpaired) electrons. The van der Waals surface area contributed by atoms with Crippen LogP contribution in [0.3, 0.4) is 0 Å². The molecular formula is C21H35N3O3. The molecule has 1 aliphatic rings. The summed E-state index contributed by atoms with van der Waals surface area (Å²) in [5.74, 6) is 2.28. The van der Waals surface area contributed by atoms with Gasteiger partial charge in [0, 0.05) is 19.7 Å². The van der Waals surface area contributed by atoms with Gasteiger partial charge in [-0.05, 0) is 43.9 Å². The van der Waals surface area contributed by atoms with Gasteiger partial charge < -0.3 is 24.8 Å². The van der Waals surface area contributed by atoms with E-state index >= 15 is 0 Å². The van der Waals surface area contributed by atoms with Crippen LogP contribution in [0.15, 0.2) is 23.2 Å². The van der Waals surface area contributed by atoms with Gasteiger partial charge in [-0.2, -0.15) is 0 Å². The van der Waals surface area contributed by atoms with Crippen molar-refractivity contribution < 1.29 is 14.2 Å². The predicted molar refractivity (Wildman–Crippen MR) is 110 cm³/mol. The SMILES string of the molecule is CCNC(=NCc1ccc(OC)c(OC)c1)NCCCOC1CCCCC1. The van der Waals surface area contributed by atoms with Crippen LogP contribution in [0.25, 0.3) is 0 Å². The maximum absolute atomic E-state index is 5.98. The molecule has 6 nitrogen and oxygen atoms in total. The number of aliphatic imine (C=N–C) groups is 1. The van der Waals surface area contributed by atoms with E-state index in [-0.39, 0.29) is 0 Å². The van der Waals surface area contributed by atoms with Crippen molar-refractivity contribution in [3.8, 4) is 11.5 Å². The average Bonchev–Trinajstić information content (AvgIpc) is 2.72. The minimum atomic E-state index is 0.478. The summed E-state index contributed by atoms with van der Waals surface area (Å²) < 4.78 is 16.6. The smallest absolute Gasteiger partial charge is 0.191 e. The lowest BCUT2D eigenvalue weighted by molar-refractivity contribution is 0.0277. The Bertz CT molecular complexity index is 572. The van der Waals surface area contributed by atoms with Gasteiger partial charge in [-0.1, -0.05) is 25.3 Å². The second-order valence-corrected chi connectivity index (χ2v) is 6.80. The zero-order valence-corrected chi connectivity index (χ0v) is 17.1. The van der Waals surface area contributed by atoms with E-state index in [4.69, 9.17) is 14.2 Å². The first-order chi connectivity index (χ1) is 13.3. The number of benzene rings is 1. The van der Waals surface area contributed by atoms with Crippen LogP contribution in [0.1, 0.15) is 51.0 Å². The Morgan fingerprint density at radius 3 is 2.56 bits per heavy atom. The van der Waals surface area contributed by atoms with Gasteiger partial charge in [-0.15, -0.1) is 0 Å². The molecule has 0 unspecified atom stereocenters. The number of methoxy groups -OCH3 is 2. The van der Waals surface area contributed by atoms with E-state index in [9.17, 15) is 0 Å². The first-order valence-corrected chi connectivity index (χ1v) is 10.1. The summed E-state index contributed by atoms with van der Waals surface area (Å²) in [6, 6.07) is 5.88. The second kappa shape index (κ2) is 12.4. The lowest BCUT2D eigenvalue weighted by Gasteiger charge is -2.22. The molecule has 6 heteroatoms. The number of nitrogens with zero attached hydrogens (tertiary/aromatic N) is 1. The predicted octanol–water partition coefficient (Wildman–Crippen LogP) is 3.50. The molecule has 1 saturated carbocycles. The third-order valence-corrected chi connectivity index (χ3v) is 4.73. The molecule has 0 bridgehead atoms. The second-order valence-electron chi connectivity index (χ2n) is 6.80. The third-order valence-electron chi connectivity index (χ3n) is 4.73. The maximum atomic E-state index is 5.98. The molecule has 0 aromatic heterocycles. The van der Waals surface area contributed by atoms with E-state index in [1.54, 1.807) is 14.2 Å². The summed E-state index contributed by atoms with van der Waals surface area (Å²) in [7, 11) is 3.28. The van der Waals surface area contributed by atoms with Crippen molar-refractivity contribution in [1.29, 1.82) is 0 Å². The zero-order chi connectivity index (χ0) is 19.3. The van der Waals surface area contributed by atoms with Gasteiger partial charge in [0.25, 0.3) is 0 Å². The van der Waals surface area contributed by atoms with Crippen LogP contribution in [0.4, 0.5) is 0 Å². The minimum Gasteiger partial charge on any atom is -0.493 e. The van der Waals surface area contributed by atoms with E-state index < -0.39 is 0 Å². The zero-order valence-electron chi connectivity index (χ0n) is 17.1. The quantitative estimate of drug-likeness (QED) is 0.371. The summed E-state index contributed by atoms with van der Waals surface area (Å²) >= 11 is 0. The molecule has 1 aliphatic carbocycles. The molecule has 2 N–H and O–H groups in total. The van der Waals surface area contributed by atoms with Gasteiger partial charge in [0.05, 0.1) is 26.9 Å². The Kier molecular flexibility index (Phi) is 9.84. The van der Waals surface area contributed by atoms with Crippen molar-refractivity contribution in [3.05, 3.63) is 23.8 Å². The number of hydrogen-bond acceptors (Lipinski definition) is 4. The summed E-state index contributed by atoms with van der Waals surface area (Å²) in [6.07, 6.45) is 7.91. The molecule has 0 heterocycles. The number of hydrogen-bond donors (Lipinski definition) is 2. The Hall–Kier alpha value is -1.95. The standard InChI is InChI=1S/C21H35N3O3/c1-4-22-21(23-13-8-14-27-18-9-6-5-7-10-18)24-16-17-11-12-19(25-2)20(15-17)26-3/h11-12,15,18H,4-10,13-14,16H2,1-3H3,(H2,22,23,24). The van der Waals surface area contributed by atoms with Gasteiger partial charge in [0.15, 0.2) is 17.5 Å². The van der Waals surface area contributed by atoms with Crippen LogP contribution < -0.4 is 20.1 Å². The van der Waals surface area contributed by atoms with Crippen LogP contribution >= 0.6 is 0 Å². The number of ether oxygens (including phenoxy) is 3. The van der Waals surface area contributed by atoms with Gasteiger partial charge >= 0.3 is 0 Å². The monoisotopic (exact) mass is 377 g/mol. The first kappa shape index (κ1) is 21.4. The number of rotatable bonds is 10. The van der Waals surface area contributed by atoms with Crippen LogP contribution in [-0.2, 0) is 11.3 Å². The van der Waals surface area contributed by atoms with E-state index in [0.717, 1.165) is 49.1 Å². The highest BCUT2D eigenvalue weighted by Gasteiger charge is 2.13. The normalized spacial score (nSPS) is 15.4. The number of guanidine groups is 1. The lowest BCUT2D eigenvalue weighted by Crippen LogP contribution is -2.38. The molecule has 0 aliphatic heterocycles. The van der Waals surface area contributed by atoms with Crippen LogP contribution in [0, 0.1) is 0 Å². The van der Waals surface area contributed by atoms with E-state index in [1.165, 1.54) is 32.1 Å². The van der Waals surface area contributed by atoms with E-state index in [0.29, 0.717) is 12.6 Å². The molecule has 0 saturated heterocycles. The topological polar surface area (TPSA) is 64.1 Å². The molecule has 0 atom stereocenters. The summed E-state index contributed by atoms with van der Waals surface area (Å²) in [4.78, 5) is 4.66. The molecule has 27 heavy (non-hydrogen) atoms. The highest BCUT2D eigenvalue weighted by Crippen LogP contribution is 2.27. The molecular weight excluding hydrogens is 342 g/mol. The minimum absolute atomic E-state index is 0.478. The maximum Gasteiger partial charge on any atom is 0.191 e. The fourth-order valence-electron chi connectivity index (χ4n) is 3.25. The fourth-order valence-corrected chi connectivity index (χ4v) is 3.25. The van der Waals surface area contributed by atoms with Crippen molar-refractivity contribution >= 4 is 5.96 Å². The summed E-state index contributed by atoms with van der Waals surface area (Å²) in [6.45, 7) is 5.14. The van der Waals surface area contributed by atoms with Crippen LogP contribution in [0.5, 0.6) is 11.5 Å². The summed E-state index contributed by atoms with van der Waals surface area (Å²) in [5, 5.41) is 6.67. The van der Waals surface area contributed by atoms with E-state index in [2.05, 4.69) is 22.5 Å². The van der Waals surface area contributed by atoms with Crippen molar-refractivity contribution in [3.63, 3.8) is 0 Å². The van der Waals surface area contributed by atoms with Gasteiger partial charge in [0.1, 0.15) is 0 Å². The number of nitrogens with one attached hydrogen (secondary N) is 2. The van der Waals surface area contributed by atoms with Crippen molar-refractivity contribution in [2.45, 2.75) is 58.1 Å². The Balaban J connectivity index is 1.76. The molecule has 1 aromatic rings. The lowest BCUT2D eigenvalue weighted by atomic mass is 9.98. The summed E-state index contributed by atoms with van der Waals surface area (Å²) in [5.41, 5.74) is 1.07. The van der Waals surface area contributed by atoms with Gasteiger partial charge in [0.2, 0.25) is 0 Å². The van der Waals surface area contributed by atoms with Crippen LogP contribution in [-0.4, -0.2) is 46.0 Å². The van der Waals surface area contributed by atoms with Gasteiger partial charge in [-0.25, -0.2) is 4.99 Å². The largest absolute Gasteiger partial charge is 0.493 e. The molecule has 152 valence electrons. The molecule has 0 amide bonds. The van der Waals surface area contributed by atoms with Crippen molar-refractivity contribution in [2.24, 2.45) is 4.99 Å². The highest BCUT2D eigenvalue weighted by atomic mass is 16.5. The molecule has 2 rings (SSSR count). The Morgan fingerprint density at radius 2 is 1.85 bits per heavy atom. The molecule has 0 spiro atoms. The molecule has 1 aromatic carbocycles. The first-order valence-electron chi connectivity index (χ1n) is 10.1. The Morgan fingerprint density at radius 1 is 1.07 bits per heavy atom. The molecule has 1 fully saturated rings. The third kappa shape index (κ3) is 7.67.